The Balaban J connectivity index is 2.12. The highest BCUT2D eigenvalue weighted by Crippen LogP contribution is 2.33. The van der Waals surface area contributed by atoms with Gasteiger partial charge >= 0.3 is 0 Å². The second kappa shape index (κ2) is 6.56. The Labute approximate surface area is 88.5 Å². The fraction of sp³-hybridized carbons (Fsp3) is 0.714. The van der Waals surface area contributed by atoms with Gasteiger partial charge < -0.3 is 0 Å². The molecule has 0 aromatic heterocycles. The summed E-state index contributed by atoms with van der Waals surface area (Å²) in [7, 11) is 0. The van der Waals surface area contributed by atoms with Crippen molar-refractivity contribution >= 4 is 0 Å². The van der Waals surface area contributed by atoms with Gasteiger partial charge in [0.25, 0.3) is 0 Å². The highest BCUT2D eigenvalue weighted by atomic mass is 14.2. The van der Waals surface area contributed by atoms with Gasteiger partial charge in [-0.15, -0.1) is 24.7 Å². The molecule has 0 spiro atoms. The van der Waals surface area contributed by atoms with Crippen LogP contribution in [0.15, 0.2) is 0 Å². The summed E-state index contributed by atoms with van der Waals surface area (Å²) in [5.41, 5.74) is 0. The van der Waals surface area contributed by atoms with Crippen molar-refractivity contribution in [2.75, 3.05) is 0 Å². The summed E-state index contributed by atoms with van der Waals surface area (Å²) in [4.78, 5) is 0. The lowest BCUT2D eigenvalue weighted by molar-refractivity contribution is 0.256. The van der Waals surface area contributed by atoms with E-state index in [4.69, 9.17) is 12.8 Å². The molecule has 1 rings (SSSR count). The molecule has 0 nitrogen and oxygen atoms in total. The summed E-state index contributed by atoms with van der Waals surface area (Å²) in [6.45, 7) is 0. The van der Waals surface area contributed by atoms with Gasteiger partial charge in [-0.3, -0.25) is 0 Å². The van der Waals surface area contributed by atoms with E-state index in [1.165, 1.54) is 38.5 Å². The van der Waals surface area contributed by atoms with Crippen LogP contribution in [0.1, 0.15) is 51.4 Å². The lowest BCUT2D eigenvalue weighted by Crippen LogP contribution is -2.14. The molecule has 0 N–H and O–H groups in total. The SMILES string of the molecule is C#CCCC1CCC(CCC#C)CC1. The molecular formula is C14H20. The molecule has 0 saturated heterocycles. The molecule has 76 valence electrons. The number of hydrogen-bond donors (Lipinski definition) is 0. The maximum absolute atomic E-state index is 5.27. The average Bonchev–Trinajstić information content (AvgIpc) is 2.25. The fourth-order valence-electron chi connectivity index (χ4n) is 2.38. The van der Waals surface area contributed by atoms with E-state index in [9.17, 15) is 0 Å². The van der Waals surface area contributed by atoms with Gasteiger partial charge in [0.1, 0.15) is 0 Å². The summed E-state index contributed by atoms with van der Waals surface area (Å²) in [5.74, 6) is 7.26. The second-order valence-corrected chi connectivity index (χ2v) is 4.37. The molecule has 0 amide bonds. The van der Waals surface area contributed by atoms with Crippen LogP contribution in [-0.2, 0) is 0 Å². The lowest BCUT2D eigenvalue weighted by Gasteiger charge is -2.27. The Kier molecular flexibility index (Phi) is 5.24. The normalized spacial score (nSPS) is 26.4. The summed E-state index contributed by atoms with van der Waals surface area (Å²) in [5, 5.41) is 0. The minimum absolute atomic E-state index is 0.896. The standard InChI is InChI=1S/C14H20/c1-3-5-7-13-9-11-14(12-10-13)8-6-4-2/h1-2,13-14H,5-12H2. The summed E-state index contributed by atoms with van der Waals surface area (Å²) >= 11 is 0. The van der Waals surface area contributed by atoms with Crippen molar-refractivity contribution < 1.29 is 0 Å². The van der Waals surface area contributed by atoms with Gasteiger partial charge in [0.15, 0.2) is 0 Å². The predicted octanol–water partition coefficient (Wildman–Crippen LogP) is 3.62. The van der Waals surface area contributed by atoms with Crippen LogP contribution in [0.2, 0.25) is 0 Å². The Bertz CT molecular complexity index is 191. The fourth-order valence-corrected chi connectivity index (χ4v) is 2.38. The van der Waals surface area contributed by atoms with Crippen LogP contribution in [0.3, 0.4) is 0 Å². The van der Waals surface area contributed by atoms with Gasteiger partial charge in [-0.2, -0.15) is 0 Å². The van der Waals surface area contributed by atoms with Gasteiger partial charge in [0, 0.05) is 12.8 Å². The van der Waals surface area contributed by atoms with E-state index >= 15 is 0 Å². The molecular weight excluding hydrogens is 168 g/mol. The zero-order valence-electron chi connectivity index (χ0n) is 8.97. The molecule has 0 heteroatoms. The number of rotatable bonds is 4. The summed E-state index contributed by atoms with van der Waals surface area (Å²) < 4.78 is 0. The first-order valence-electron chi connectivity index (χ1n) is 5.73. The van der Waals surface area contributed by atoms with Crippen molar-refractivity contribution in [2.45, 2.75) is 51.4 Å². The molecule has 0 unspecified atom stereocenters. The minimum Gasteiger partial charge on any atom is -0.120 e. The van der Waals surface area contributed by atoms with E-state index < -0.39 is 0 Å². The highest BCUT2D eigenvalue weighted by Gasteiger charge is 2.19. The Morgan fingerprint density at radius 1 is 0.786 bits per heavy atom. The molecule has 0 aromatic carbocycles. The Morgan fingerprint density at radius 3 is 1.43 bits per heavy atom. The predicted molar refractivity (Wildman–Crippen MR) is 61.6 cm³/mol. The topological polar surface area (TPSA) is 0 Å². The first kappa shape index (κ1) is 11.2. The molecule has 1 saturated carbocycles. The van der Waals surface area contributed by atoms with Crippen molar-refractivity contribution in [1.29, 1.82) is 0 Å². The van der Waals surface area contributed by atoms with Crippen molar-refractivity contribution in [3.63, 3.8) is 0 Å². The van der Waals surface area contributed by atoms with Crippen LogP contribution in [0, 0.1) is 36.5 Å². The molecule has 0 atom stereocenters. The third kappa shape index (κ3) is 3.89. The Morgan fingerprint density at radius 2 is 1.14 bits per heavy atom. The van der Waals surface area contributed by atoms with E-state index in [2.05, 4.69) is 11.8 Å². The van der Waals surface area contributed by atoms with E-state index in [1.807, 2.05) is 0 Å². The lowest BCUT2D eigenvalue weighted by atomic mass is 9.78. The zero-order valence-corrected chi connectivity index (χ0v) is 8.97. The van der Waals surface area contributed by atoms with Gasteiger partial charge in [0.05, 0.1) is 0 Å². The van der Waals surface area contributed by atoms with Crippen molar-refractivity contribution in [1.82, 2.24) is 0 Å². The van der Waals surface area contributed by atoms with E-state index in [1.54, 1.807) is 0 Å². The molecule has 1 fully saturated rings. The van der Waals surface area contributed by atoms with E-state index in [0.29, 0.717) is 0 Å². The highest BCUT2D eigenvalue weighted by molar-refractivity contribution is 4.87. The molecule has 1 aliphatic rings. The molecule has 0 aliphatic heterocycles. The maximum atomic E-state index is 5.27. The average molecular weight is 188 g/mol. The molecule has 0 bridgehead atoms. The minimum atomic E-state index is 0.896. The van der Waals surface area contributed by atoms with Crippen LogP contribution in [0.25, 0.3) is 0 Å². The maximum Gasteiger partial charge on any atom is 0.00886 e. The Hall–Kier alpha value is -0.880. The van der Waals surface area contributed by atoms with Gasteiger partial charge in [0.2, 0.25) is 0 Å². The number of terminal acetylenes is 2. The van der Waals surface area contributed by atoms with Crippen LogP contribution < -0.4 is 0 Å². The number of hydrogen-bond acceptors (Lipinski definition) is 0. The van der Waals surface area contributed by atoms with Crippen LogP contribution in [0.4, 0.5) is 0 Å². The first-order chi connectivity index (χ1) is 6.86. The quantitative estimate of drug-likeness (QED) is 0.591. The van der Waals surface area contributed by atoms with E-state index in [-0.39, 0.29) is 0 Å². The van der Waals surface area contributed by atoms with Crippen molar-refractivity contribution in [3.8, 4) is 24.7 Å². The summed E-state index contributed by atoms with van der Waals surface area (Å²) in [6, 6.07) is 0. The van der Waals surface area contributed by atoms with Gasteiger partial charge in [-0.25, -0.2) is 0 Å². The largest absolute Gasteiger partial charge is 0.120 e. The van der Waals surface area contributed by atoms with Gasteiger partial charge in [-0.1, -0.05) is 25.7 Å². The third-order valence-electron chi connectivity index (χ3n) is 3.36. The van der Waals surface area contributed by atoms with Crippen LogP contribution in [-0.4, -0.2) is 0 Å². The molecule has 0 radical (unpaired) electrons. The first-order valence-corrected chi connectivity index (χ1v) is 5.73. The van der Waals surface area contributed by atoms with Crippen molar-refractivity contribution in [3.05, 3.63) is 0 Å². The smallest absolute Gasteiger partial charge is 0.00886 e. The van der Waals surface area contributed by atoms with Crippen LogP contribution in [0.5, 0.6) is 0 Å². The molecule has 14 heavy (non-hydrogen) atoms. The third-order valence-corrected chi connectivity index (χ3v) is 3.36. The monoisotopic (exact) mass is 188 g/mol. The molecule has 0 heterocycles. The van der Waals surface area contributed by atoms with Crippen molar-refractivity contribution in [2.24, 2.45) is 11.8 Å². The summed E-state index contributed by atoms with van der Waals surface area (Å²) in [6.07, 6.45) is 20.4. The van der Waals surface area contributed by atoms with Gasteiger partial charge in [-0.05, 0) is 24.7 Å². The molecule has 0 aromatic rings. The second-order valence-electron chi connectivity index (χ2n) is 4.37. The zero-order chi connectivity index (χ0) is 10.2. The van der Waals surface area contributed by atoms with Crippen LogP contribution >= 0.6 is 0 Å². The molecule has 1 aliphatic carbocycles. The van der Waals surface area contributed by atoms with E-state index in [0.717, 1.165) is 24.7 Å².